The molecule has 0 aliphatic heterocycles. The topological polar surface area (TPSA) is 79.5 Å². The fourth-order valence-electron chi connectivity index (χ4n) is 2.74. The minimum Gasteiger partial charge on any atom is -0.497 e. The Hall–Kier alpha value is -2.54. The molecule has 2 rings (SSSR count). The maximum absolute atomic E-state index is 12.1. The minimum atomic E-state index is -0.280. The summed E-state index contributed by atoms with van der Waals surface area (Å²) in [7, 11) is 1.58. The third kappa shape index (κ3) is 5.99. The second-order valence-corrected chi connectivity index (χ2v) is 7.15. The molecule has 0 aromatic heterocycles. The monoisotopic (exact) mass is 433 g/mol. The molecule has 0 saturated heterocycles. The summed E-state index contributed by atoms with van der Waals surface area (Å²) >= 11 is 3.41. The maximum Gasteiger partial charge on any atom is 0.243 e. The number of hydrogen-bond acceptors (Lipinski definition) is 4. The quantitative estimate of drug-likeness (QED) is 0.623. The summed E-state index contributed by atoms with van der Waals surface area (Å²) in [6, 6.07) is 9.45. The van der Waals surface area contributed by atoms with Crippen LogP contribution in [0.3, 0.4) is 0 Å². The van der Waals surface area contributed by atoms with Gasteiger partial charge in [0.2, 0.25) is 11.8 Å². The Kier molecular flexibility index (Phi) is 7.24. The molecule has 0 heterocycles. The number of carbonyl (C=O) groups is 2. The molecule has 144 valence electrons. The first kappa shape index (κ1) is 20.8. The molecule has 0 saturated carbocycles. The first-order valence-electron chi connectivity index (χ1n) is 8.52. The fourth-order valence-corrected chi connectivity index (χ4v) is 3.13. The standard InChI is InChI=1S/C20H24BrN3O3/c1-12-7-13(2)20(14(3)8-12)24-19(26)11-23-18(25)10-22-17-9-15(27-4)5-6-16(17)21/h5-9,22H,10-11H2,1-4H3,(H,23,25)(H,24,26). The van der Waals surface area contributed by atoms with Gasteiger partial charge in [0.15, 0.2) is 0 Å². The highest BCUT2D eigenvalue weighted by molar-refractivity contribution is 9.10. The van der Waals surface area contributed by atoms with Gasteiger partial charge in [0, 0.05) is 16.2 Å². The lowest BCUT2D eigenvalue weighted by atomic mass is 10.1. The minimum absolute atomic E-state index is 0.0433. The van der Waals surface area contributed by atoms with Gasteiger partial charge in [-0.3, -0.25) is 9.59 Å². The molecule has 7 heteroatoms. The Morgan fingerprint density at radius 1 is 1.00 bits per heavy atom. The van der Waals surface area contributed by atoms with Gasteiger partial charge >= 0.3 is 0 Å². The predicted molar refractivity (Wildman–Crippen MR) is 111 cm³/mol. The molecule has 0 aliphatic carbocycles. The van der Waals surface area contributed by atoms with Crippen LogP contribution in [-0.4, -0.2) is 32.0 Å². The number of anilines is 2. The van der Waals surface area contributed by atoms with Gasteiger partial charge in [0.1, 0.15) is 5.75 Å². The third-order valence-corrected chi connectivity index (χ3v) is 4.69. The van der Waals surface area contributed by atoms with Gasteiger partial charge in [-0.25, -0.2) is 0 Å². The summed E-state index contributed by atoms with van der Waals surface area (Å²) in [5.74, 6) is 0.141. The van der Waals surface area contributed by atoms with Crippen molar-refractivity contribution in [2.24, 2.45) is 0 Å². The van der Waals surface area contributed by atoms with Crippen molar-refractivity contribution in [2.45, 2.75) is 20.8 Å². The van der Waals surface area contributed by atoms with Gasteiger partial charge in [0.05, 0.1) is 25.9 Å². The molecular formula is C20H24BrN3O3. The molecule has 0 radical (unpaired) electrons. The Balaban J connectivity index is 1.84. The van der Waals surface area contributed by atoms with Crippen molar-refractivity contribution in [1.29, 1.82) is 0 Å². The fraction of sp³-hybridized carbons (Fsp3) is 0.300. The molecule has 0 spiro atoms. The van der Waals surface area contributed by atoms with Crippen molar-refractivity contribution >= 4 is 39.1 Å². The van der Waals surface area contributed by atoms with Crippen molar-refractivity contribution in [3.63, 3.8) is 0 Å². The Morgan fingerprint density at radius 2 is 1.67 bits per heavy atom. The van der Waals surface area contributed by atoms with Crippen LogP contribution in [0, 0.1) is 20.8 Å². The highest BCUT2D eigenvalue weighted by atomic mass is 79.9. The van der Waals surface area contributed by atoms with Crippen LogP contribution >= 0.6 is 15.9 Å². The summed E-state index contributed by atoms with van der Waals surface area (Å²) < 4.78 is 5.98. The van der Waals surface area contributed by atoms with Crippen molar-refractivity contribution in [3.05, 3.63) is 51.5 Å². The van der Waals surface area contributed by atoms with E-state index in [0.29, 0.717) is 5.75 Å². The zero-order chi connectivity index (χ0) is 20.0. The molecule has 2 aromatic carbocycles. The van der Waals surface area contributed by atoms with Gasteiger partial charge in [-0.05, 0) is 60.0 Å². The van der Waals surface area contributed by atoms with E-state index in [9.17, 15) is 9.59 Å². The van der Waals surface area contributed by atoms with Crippen LogP contribution in [0.25, 0.3) is 0 Å². The van der Waals surface area contributed by atoms with E-state index in [1.807, 2.05) is 45.0 Å². The lowest BCUT2D eigenvalue weighted by Gasteiger charge is -2.14. The molecule has 2 amide bonds. The summed E-state index contributed by atoms with van der Waals surface area (Å²) in [4.78, 5) is 24.2. The van der Waals surface area contributed by atoms with Crippen molar-refractivity contribution in [2.75, 3.05) is 30.8 Å². The van der Waals surface area contributed by atoms with E-state index >= 15 is 0 Å². The number of ether oxygens (including phenoxy) is 1. The van der Waals surface area contributed by atoms with Crippen LogP contribution in [0.4, 0.5) is 11.4 Å². The molecular weight excluding hydrogens is 410 g/mol. The first-order valence-corrected chi connectivity index (χ1v) is 9.31. The number of methoxy groups -OCH3 is 1. The molecule has 2 aromatic rings. The van der Waals surface area contributed by atoms with E-state index in [1.165, 1.54) is 0 Å². The predicted octanol–water partition coefficient (Wildman–Crippen LogP) is 3.55. The number of nitrogens with one attached hydrogen (secondary N) is 3. The summed E-state index contributed by atoms with van der Waals surface area (Å²) in [6.45, 7) is 5.86. The lowest BCUT2D eigenvalue weighted by Crippen LogP contribution is -2.36. The van der Waals surface area contributed by atoms with E-state index < -0.39 is 0 Å². The number of halogens is 1. The van der Waals surface area contributed by atoms with Crippen LogP contribution in [-0.2, 0) is 9.59 Å². The van der Waals surface area contributed by atoms with Gasteiger partial charge in [-0.1, -0.05) is 17.7 Å². The molecule has 0 fully saturated rings. The number of carbonyl (C=O) groups excluding carboxylic acids is 2. The van der Waals surface area contributed by atoms with E-state index in [1.54, 1.807) is 13.2 Å². The summed E-state index contributed by atoms with van der Waals surface area (Å²) in [5, 5.41) is 8.49. The van der Waals surface area contributed by atoms with E-state index in [-0.39, 0.29) is 24.9 Å². The summed E-state index contributed by atoms with van der Waals surface area (Å²) in [5.41, 5.74) is 4.66. The lowest BCUT2D eigenvalue weighted by molar-refractivity contribution is -0.122. The maximum atomic E-state index is 12.1. The van der Waals surface area contributed by atoms with Crippen LogP contribution in [0.15, 0.2) is 34.8 Å². The zero-order valence-electron chi connectivity index (χ0n) is 15.9. The van der Waals surface area contributed by atoms with Crippen LogP contribution in [0.2, 0.25) is 0 Å². The van der Waals surface area contributed by atoms with Crippen molar-refractivity contribution in [1.82, 2.24) is 5.32 Å². The number of amides is 2. The number of rotatable bonds is 7. The molecule has 27 heavy (non-hydrogen) atoms. The average molecular weight is 434 g/mol. The van der Waals surface area contributed by atoms with Gasteiger partial charge in [-0.2, -0.15) is 0 Å². The average Bonchev–Trinajstić information content (AvgIpc) is 2.62. The molecule has 3 N–H and O–H groups in total. The van der Waals surface area contributed by atoms with Gasteiger partial charge in [-0.15, -0.1) is 0 Å². The molecule has 0 atom stereocenters. The van der Waals surface area contributed by atoms with E-state index in [2.05, 4.69) is 31.9 Å². The molecule has 0 aliphatic rings. The van der Waals surface area contributed by atoms with Gasteiger partial charge in [0.25, 0.3) is 0 Å². The number of benzene rings is 2. The Morgan fingerprint density at radius 3 is 2.30 bits per heavy atom. The SMILES string of the molecule is COc1ccc(Br)c(NCC(=O)NCC(=O)Nc2c(C)cc(C)cc2C)c1. The number of hydrogen-bond donors (Lipinski definition) is 3. The zero-order valence-corrected chi connectivity index (χ0v) is 17.5. The van der Waals surface area contributed by atoms with Crippen LogP contribution in [0.1, 0.15) is 16.7 Å². The van der Waals surface area contributed by atoms with Crippen LogP contribution < -0.4 is 20.7 Å². The highest BCUT2D eigenvalue weighted by Gasteiger charge is 2.10. The van der Waals surface area contributed by atoms with E-state index in [0.717, 1.165) is 32.5 Å². The van der Waals surface area contributed by atoms with Crippen LogP contribution in [0.5, 0.6) is 5.75 Å². The summed E-state index contributed by atoms with van der Waals surface area (Å²) in [6.07, 6.45) is 0. The normalized spacial score (nSPS) is 10.3. The molecule has 0 bridgehead atoms. The van der Waals surface area contributed by atoms with Crippen molar-refractivity contribution < 1.29 is 14.3 Å². The number of aryl methyl sites for hydroxylation is 3. The van der Waals surface area contributed by atoms with Gasteiger partial charge < -0.3 is 20.7 Å². The third-order valence-electron chi connectivity index (χ3n) is 4.00. The van der Waals surface area contributed by atoms with E-state index in [4.69, 9.17) is 4.74 Å². The Labute approximate surface area is 167 Å². The molecule has 6 nitrogen and oxygen atoms in total. The second-order valence-electron chi connectivity index (χ2n) is 6.30. The smallest absolute Gasteiger partial charge is 0.243 e. The first-order chi connectivity index (χ1) is 12.8. The van der Waals surface area contributed by atoms with Crippen molar-refractivity contribution in [3.8, 4) is 5.75 Å². The Bertz CT molecular complexity index is 829. The highest BCUT2D eigenvalue weighted by Crippen LogP contribution is 2.26. The second kappa shape index (κ2) is 9.41. The largest absolute Gasteiger partial charge is 0.497 e. The molecule has 0 unspecified atom stereocenters.